The van der Waals surface area contributed by atoms with Gasteiger partial charge in [0.2, 0.25) is 0 Å². The highest BCUT2D eigenvalue weighted by molar-refractivity contribution is 5.07. The fraction of sp³-hybridized carbons (Fsp3) is 0.895. The van der Waals surface area contributed by atoms with E-state index < -0.39 is 0 Å². The van der Waals surface area contributed by atoms with Crippen molar-refractivity contribution in [3.8, 4) is 0 Å². The highest BCUT2D eigenvalue weighted by Crippen LogP contribution is 2.41. The van der Waals surface area contributed by atoms with Gasteiger partial charge in [-0.15, -0.1) is 0 Å². The van der Waals surface area contributed by atoms with Crippen molar-refractivity contribution in [1.82, 2.24) is 0 Å². The lowest BCUT2D eigenvalue weighted by Crippen LogP contribution is -2.36. The summed E-state index contributed by atoms with van der Waals surface area (Å²) in [4.78, 5) is 0. The third-order valence-corrected chi connectivity index (χ3v) is 4.75. The molecule has 0 heterocycles. The largest absolute Gasteiger partial charge is 0.392 e. The van der Waals surface area contributed by atoms with E-state index in [1.165, 1.54) is 57.8 Å². The summed E-state index contributed by atoms with van der Waals surface area (Å²) in [6, 6.07) is 0. The predicted octanol–water partition coefficient (Wildman–Crippen LogP) is 5.87. The van der Waals surface area contributed by atoms with Gasteiger partial charge in [0.15, 0.2) is 0 Å². The molecule has 1 rings (SSSR count). The Labute approximate surface area is 126 Å². The van der Waals surface area contributed by atoms with Crippen LogP contribution in [-0.4, -0.2) is 11.2 Å². The second kappa shape index (κ2) is 9.60. The minimum atomic E-state index is -0.132. The van der Waals surface area contributed by atoms with Crippen LogP contribution in [0.25, 0.3) is 0 Å². The van der Waals surface area contributed by atoms with Gasteiger partial charge < -0.3 is 5.11 Å². The van der Waals surface area contributed by atoms with Crippen LogP contribution in [0.15, 0.2) is 12.2 Å². The molecule has 0 aromatic heterocycles. The summed E-state index contributed by atoms with van der Waals surface area (Å²) in [7, 11) is 0. The number of aliphatic hydroxyl groups excluding tert-OH is 1. The first-order chi connectivity index (χ1) is 9.60. The second-order valence-corrected chi connectivity index (χ2v) is 7.20. The Morgan fingerprint density at radius 3 is 2.40 bits per heavy atom. The van der Waals surface area contributed by atoms with Gasteiger partial charge in [0.05, 0.1) is 6.10 Å². The maximum atomic E-state index is 10.7. The molecule has 0 aromatic rings. The zero-order valence-corrected chi connectivity index (χ0v) is 14.0. The van der Waals surface area contributed by atoms with Crippen LogP contribution in [0.4, 0.5) is 0 Å². The molecule has 20 heavy (non-hydrogen) atoms. The zero-order chi connectivity index (χ0) is 14.8. The lowest BCUT2D eigenvalue weighted by atomic mass is 9.68. The van der Waals surface area contributed by atoms with Crippen LogP contribution in [-0.2, 0) is 0 Å². The average molecular weight is 280 g/mol. The number of unbranched alkanes of at least 4 members (excludes halogenated alkanes) is 5. The van der Waals surface area contributed by atoms with Crippen LogP contribution in [0.2, 0.25) is 0 Å². The molecule has 2 atom stereocenters. The molecule has 1 N–H and O–H groups in total. The molecule has 1 nitrogen and oxygen atoms in total. The van der Waals surface area contributed by atoms with Crippen molar-refractivity contribution in [2.45, 2.75) is 97.5 Å². The molecule has 0 aromatic carbocycles. The van der Waals surface area contributed by atoms with E-state index in [0.717, 1.165) is 12.8 Å². The van der Waals surface area contributed by atoms with E-state index in [1.54, 1.807) is 0 Å². The molecule has 0 saturated carbocycles. The quantitative estimate of drug-likeness (QED) is 0.392. The molecular weight excluding hydrogens is 244 g/mol. The van der Waals surface area contributed by atoms with Crippen LogP contribution in [0.5, 0.6) is 0 Å². The zero-order valence-electron chi connectivity index (χ0n) is 14.0. The van der Waals surface area contributed by atoms with Crippen molar-refractivity contribution in [3.05, 3.63) is 12.2 Å². The van der Waals surface area contributed by atoms with Gasteiger partial charge in [0, 0.05) is 5.41 Å². The molecule has 0 bridgehead atoms. The molecular formula is C19H36O. The average Bonchev–Trinajstić information content (AvgIpc) is 2.42. The number of allylic oxidation sites excluding steroid dienone is 1. The molecule has 1 heteroatoms. The van der Waals surface area contributed by atoms with Gasteiger partial charge in [-0.3, -0.25) is 0 Å². The maximum Gasteiger partial charge on any atom is 0.0630 e. The molecule has 1 aliphatic rings. The van der Waals surface area contributed by atoms with Crippen molar-refractivity contribution in [2.75, 3.05) is 0 Å². The van der Waals surface area contributed by atoms with Crippen molar-refractivity contribution in [3.63, 3.8) is 0 Å². The maximum absolute atomic E-state index is 10.7. The van der Waals surface area contributed by atoms with E-state index in [2.05, 4.69) is 32.9 Å². The highest BCUT2D eigenvalue weighted by Gasteiger charge is 2.36. The minimum absolute atomic E-state index is 0.0792. The molecule has 1 aliphatic carbocycles. The Bertz CT molecular complexity index is 269. The lowest BCUT2D eigenvalue weighted by molar-refractivity contribution is 0.0246. The Morgan fingerprint density at radius 2 is 1.80 bits per heavy atom. The van der Waals surface area contributed by atoms with Crippen LogP contribution in [0.1, 0.15) is 91.4 Å². The molecule has 0 fully saturated rings. The summed E-state index contributed by atoms with van der Waals surface area (Å²) >= 11 is 0. The molecule has 0 unspecified atom stereocenters. The first kappa shape index (κ1) is 17.8. The van der Waals surface area contributed by atoms with Crippen LogP contribution in [0, 0.1) is 11.3 Å². The molecule has 0 aliphatic heterocycles. The summed E-state index contributed by atoms with van der Waals surface area (Å²) < 4.78 is 0. The van der Waals surface area contributed by atoms with Gasteiger partial charge in [-0.05, 0) is 38.0 Å². The molecule has 0 saturated heterocycles. The second-order valence-electron chi connectivity index (χ2n) is 7.20. The standard InChI is InChI=1S/C19H36O/c1-4-5-6-7-8-10-13-18(20)19(16-17(2)3)14-11-9-12-15-19/h11,14,17-18,20H,4-10,12-13,15-16H2,1-3H3/t18-,19+/m0/s1. The fourth-order valence-corrected chi connectivity index (χ4v) is 3.70. The summed E-state index contributed by atoms with van der Waals surface area (Å²) in [5.74, 6) is 0.664. The van der Waals surface area contributed by atoms with E-state index in [4.69, 9.17) is 0 Å². The summed E-state index contributed by atoms with van der Waals surface area (Å²) in [6.07, 6.45) is 18.1. The number of hydrogen-bond donors (Lipinski definition) is 1. The van der Waals surface area contributed by atoms with Gasteiger partial charge in [-0.2, -0.15) is 0 Å². The molecule has 0 spiro atoms. The first-order valence-electron chi connectivity index (χ1n) is 8.96. The van der Waals surface area contributed by atoms with Crippen LogP contribution >= 0.6 is 0 Å². The van der Waals surface area contributed by atoms with Crippen molar-refractivity contribution >= 4 is 0 Å². The topological polar surface area (TPSA) is 20.2 Å². The highest BCUT2D eigenvalue weighted by atomic mass is 16.3. The van der Waals surface area contributed by atoms with Crippen molar-refractivity contribution < 1.29 is 5.11 Å². The van der Waals surface area contributed by atoms with Gasteiger partial charge in [0.25, 0.3) is 0 Å². The molecule has 118 valence electrons. The van der Waals surface area contributed by atoms with Gasteiger partial charge in [-0.1, -0.05) is 71.4 Å². The normalized spacial score (nSPS) is 24.2. The van der Waals surface area contributed by atoms with Crippen LogP contribution < -0.4 is 0 Å². The Kier molecular flexibility index (Phi) is 8.52. The smallest absolute Gasteiger partial charge is 0.0630 e. The van der Waals surface area contributed by atoms with Crippen LogP contribution in [0.3, 0.4) is 0 Å². The number of rotatable bonds is 10. The monoisotopic (exact) mass is 280 g/mol. The fourth-order valence-electron chi connectivity index (χ4n) is 3.70. The van der Waals surface area contributed by atoms with Gasteiger partial charge >= 0.3 is 0 Å². The van der Waals surface area contributed by atoms with E-state index in [1.807, 2.05) is 0 Å². The SMILES string of the molecule is CCCCCCCC[C@H](O)[C@]1(CC(C)C)C=CCCC1. The first-order valence-corrected chi connectivity index (χ1v) is 8.96. The third-order valence-electron chi connectivity index (χ3n) is 4.75. The third kappa shape index (κ3) is 5.99. The Morgan fingerprint density at radius 1 is 1.10 bits per heavy atom. The van der Waals surface area contributed by atoms with E-state index in [0.29, 0.717) is 5.92 Å². The minimum Gasteiger partial charge on any atom is -0.392 e. The number of aliphatic hydroxyl groups is 1. The summed E-state index contributed by atoms with van der Waals surface area (Å²) in [6.45, 7) is 6.82. The van der Waals surface area contributed by atoms with Gasteiger partial charge in [-0.25, -0.2) is 0 Å². The van der Waals surface area contributed by atoms with E-state index >= 15 is 0 Å². The molecule has 0 radical (unpaired) electrons. The Hall–Kier alpha value is -0.300. The number of hydrogen-bond acceptors (Lipinski definition) is 1. The van der Waals surface area contributed by atoms with Gasteiger partial charge in [0.1, 0.15) is 0 Å². The lowest BCUT2D eigenvalue weighted by Gasteiger charge is -2.39. The molecule has 0 amide bonds. The van der Waals surface area contributed by atoms with E-state index in [-0.39, 0.29) is 11.5 Å². The van der Waals surface area contributed by atoms with Crippen molar-refractivity contribution in [1.29, 1.82) is 0 Å². The summed E-state index contributed by atoms with van der Waals surface area (Å²) in [5.41, 5.74) is 0.0792. The Balaban J connectivity index is 2.38. The predicted molar refractivity (Wildman–Crippen MR) is 88.9 cm³/mol. The van der Waals surface area contributed by atoms with Crippen molar-refractivity contribution in [2.24, 2.45) is 11.3 Å². The van der Waals surface area contributed by atoms with E-state index in [9.17, 15) is 5.11 Å². The summed E-state index contributed by atoms with van der Waals surface area (Å²) in [5, 5.41) is 10.7.